The van der Waals surface area contributed by atoms with E-state index in [0.717, 1.165) is 16.9 Å². The number of carbonyl (C=O) groups excluding carboxylic acids is 2. The van der Waals surface area contributed by atoms with Crippen molar-refractivity contribution in [1.29, 1.82) is 5.26 Å². The van der Waals surface area contributed by atoms with Crippen LogP contribution in [0.5, 0.6) is 29.0 Å². The molecule has 13 heteroatoms. The summed E-state index contributed by atoms with van der Waals surface area (Å²) in [5.74, 6) is 0.757. The SMILES string of the molecule is CO/C=C(/C(=O)OC)c1ccccc1Oc1cc(Oc2ccccc2C#N)ncn1.CO/N=C(/C(=O)OC)c1ccccc1COc1ccccc1C. The molecule has 270 valence electrons. The van der Waals surface area contributed by atoms with Gasteiger partial charge < -0.3 is 33.3 Å². The summed E-state index contributed by atoms with van der Waals surface area (Å²) in [5, 5.41) is 13.0. The van der Waals surface area contributed by atoms with E-state index in [4.69, 9.17) is 33.3 Å². The lowest BCUT2D eigenvalue weighted by atomic mass is 10.0. The maximum Gasteiger partial charge on any atom is 0.360 e. The molecule has 5 aromatic rings. The molecular weight excluding hydrogens is 680 g/mol. The first-order chi connectivity index (χ1) is 25.8. The van der Waals surface area contributed by atoms with Crippen LogP contribution < -0.4 is 14.2 Å². The number of esters is 2. The Labute approximate surface area is 306 Å². The highest BCUT2D eigenvalue weighted by Gasteiger charge is 2.20. The number of aromatic nitrogens is 2. The fraction of sp³-hybridized carbons (Fsp3) is 0.150. The van der Waals surface area contributed by atoms with Crippen molar-refractivity contribution in [2.75, 3.05) is 28.4 Å². The van der Waals surface area contributed by atoms with E-state index in [0.29, 0.717) is 34.8 Å². The quantitative estimate of drug-likeness (QED) is 0.0397. The molecule has 1 aromatic heterocycles. The third-order valence-corrected chi connectivity index (χ3v) is 7.18. The zero-order chi connectivity index (χ0) is 38.0. The molecule has 4 aromatic carbocycles. The summed E-state index contributed by atoms with van der Waals surface area (Å²) < 4.78 is 32.0. The van der Waals surface area contributed by atoms with Crippen molar-refractivity contribution < 1.29 is 42.8 Å². The van der Waals surface area contributed by atoms with Gasteiger partial charge in [0.2, 0.25) is 11.8 Å². The molecule has 0 aliphatic carbocycles. The van der Waals surface area contributed by atoms with Crippen LogP contribution in [0.4, 0.5) is 0 Å². The molecule has 0 spiro atoms. The summed E-state index contributed by atoms with van der Waals surface area (Å²) in [6.07, 6.45) is 2.55. The number of ether oxygens (including phenoxy) is 6. The fourth-order valence-corrected chi connectivity index (χ4v) is 4.67. The molecule has 0 fully saturated rings. The number of hydrogen-bond acceptors (Lipinski definition) is 13. The topological polar surface area (TPSA) is 161 Å². The second-order valence-corrected chi connectivity index (χ2v) is 10.6. The highest BCUT2D eigenvalue weighted by atomic mass is 16.6. The van der Waals surface area contributed by atoms with Gasteiger partial charge in [-0.1, -0.05) is 78.0 Å². The summed E-state index contributed by atoms with van der Waals surface area (Å²) in [6.45, 7) is 2.29. The molecule has 0 bridgehead atoms. The normalized spacial score (nSPS) is 10.8. The molecule has 0 aliphatic heterocycles. The Morgan fingerprint density at radius 3 is 1.96 bits per heavy atom. The number of oxime groups is 1. The summed E-state index contributed by atoms with van der Waals surface area (Å²) in [7, 11) is 5.40. The highest BCUT2D eigenvalue weighted by Crippen LogP contribution is 2.32. The minimum atomic E-state index is -0.576. The Balaban J connectivity index is 0.000000245. The monoisotopic (exact) mass is 716 g/mol. The van der Waals surface area contributed by atoms with Crippen LogP contribution in [-0.4, -0.2) is 56.1 Å². The molecule has 5 rings (SSSR count). The van der Waals surface area contributed by atoms with E-state index < -0.39 is 11.9 Å². The molecular formula is C40H36N4O9. The van der Waals surface area contributed by atoms with E-state index in [9.17, 15) is 14.9 Å². The molecule has 0 aliphatic rings. The molecule has 0 atom stereocenters. The van der Waals surface area contributed by atoms with Gasteiger partial charge in [-0.2, -0.15) is 5.26 Å². The first-order valence-electron chi connectivity index (χ1n) is 15.9. The number of nitrogens with zero attached hydrogens (tertiary/aromatic N) is 4. The number of rotatable bonds is 13. The molecule has 0 saturated heterocycles. The van der Waals surface area contributed by atoms with Gasteiger partial charge in [0.15, 0.2) is 5.71 Å². The number of aryl methyl sites for hydroxylation is 1. The molecule has 1 heterocycles. The molecule has 0 unspecified atom stereocenters. The summed E-state index contributed by atoms with van der Waals surface area (Å²) >= 11 is 0. The van der Waals surface area contributed by atoms with Gasteiger partial charge in [0.25, 0.3) is 0 Å². The lowest BCUT2D eigenvalue weighted by Crippen LogP contribution is -2.19. The molecule has 0 N–H and O–H groups in total. The van der Waals surface area contributed by atoms with Crippen LogP contribution in [0.25, 0.3) is 5.57 Å². The number of hydrogen-bond donors (Lipinski definition) is 0. The first kappa shape index (κ1) is 38.6. The zero-order valence-electron chi connectivity index (χ0n) is 29.6. The summed E-state index contributed by atoms with van der Waals surface area (Å²) in [4.78, 5) is 36.9. The lowest BCUT2D eigenvalue weighted by Gasteiger charge is -2.12. The Morgan fingerprint density at radius 1 is 0.736 bits per heavy atom. The average Bonchev–Trinajstić information content (AvgIpc) is 3.19. The van der Waals surface area contributed by atoms with Crippen LogP contribution in [-0.2, 0) is 35.2 Å². The van der Waals surface area contributed by atoms with E-state index in [2.05, 4.69) is 21.2 Å². The average molecular weight is 717 g/mol. The first-order valence-corrected chi connectivity index (χ1v) is 15.9. The summed E-state index contributed by atoms with van der Waals surface area (Å²) in [6, 6.07) is 32.3. The predicted octanol–water partition coefficient (Wildman–Crippen LogP) is 7.19. The van der Waals surface area contributed by atoms with Crippen molar-refractivity contribution in [3.05, 3.63) is 144 Å². The number of benzene rings is 4. The zero-order valence-corrected chi connectivity index (χ0v) is 29.6. The maximum atomic E-state index is 12.1. The van der Waals surface area contributed by atoms with Crippen LogP contribution in [0.2, 0.25) is 0 Å². The van der Waals surface area contributed by atoms with Gasteiger partial charge in [-0.3, -0.25) is 0 Å². The van der Waals surface area contributed by atoms with Gasteiger partial charge in [0, 0.05) is 11.1 Å². The molecule has 13 nitrogen and oxygen atoms in total. The predicted molar refractivity (Wildman–Crippen MR) is 194 cm³/mol. The van der Waals surface area contributed by atoms with Gasteiger partial charge >= 0.3 is 11.9 Å². The largest absolute Gasteiger partial charge is 0.503 e. The number of para-hydroxylation sites is 3. The standard InChI is InChI=1S/C22H17N3O5.C18H19NO4/c1-27-13-17(22(26)28-2)16-8-4-6-10-19(16)30-21-11-20(24-14-25-21)29-18-9-5-3-7-15(18)12-23;1-13-8-4-7-11-16(13)23-12-14-9-5-6-10-15(14)17(19-22-3)18(20)21-2/h3-11,13-14H,1-2H3;4-11H,12H2,1-3H3/b17-13+;19-17+. The highest BCUT2D eigenvalue weighted by molar-refractivity contribution is 6.43. The van der Waals surface area contributed by atoms with Gasteiger partial charge in [-0.15, -0.1) is 0 Å². The third kappa shape index (κ3) is 10.6. The Morgan fingerprint density at radius 2 is 1.32 bits per heavy atom. The molecule has 0 saturated carbocycles. The minimum absolute atomic E-state index is 0.110. The Kier molecular flexibility index (Phi) is 14.5. The van der Waals surface area contributed by atoms with Gasteiger partial charge in [0.05, 0.1) is 39.2 Å². The van der Waals surface area contributed by atoms with Crippen LogP contribution in [0, 0.1) is 18.3 Å². The van der Waals surface area contributed by atoms with Crippen molar-refractivity contribution in [3.63, 3.8) is 0 Å². The number of nitriles is 1. The van der Waals surface area contributed by atoms with Crippen molar-refractivity contribution in [3.8, 4) is 35.1 Å². The Hall–Kier alpha value is -7.20. The van der Waals surface area contributed by atoms with Gasteiger partial charge in [-0.05, 0) is 42.3 Å². The molecule has 53 heavy (non-hydrogen) atoms. The van der Waals surface area contributed by atoms with E-state index in [1.807, 2.05) is 49.4 Å². The number of carbonyl (C=O) groups is 2. The summed E-state index contributed by atoms with van der Waals surface area (Å²) in [5.41, 5.74) is 3.61. The van der Waals surface area contributed by atoms with Crippen LogP contribution in [0.15, 0.2) is 121 Å². The lowest BCUT2D eigenvalue weighted by molar-refractivity contribution is -0.134. The second kappa shape index (κ2) is 19.9. The fourth-order valence-electron chi connectivity index (χ4n) is 4.67. The second-order valence-electron chi connectivity index (χ2n) is 10.6. The molecule has 0 amide bonds. The number of methoxy groups -OCH3 is 3. The maximum absolute atomic E-state index is 12.1. The van der Waals surface area contributed by atoms with E-state index >= 15 is 0 Å². The minimum Gasteiger partial charge on any atom is -0.503 e. The van der Waals surface area contributed by atoms with Gasteiger partial charge in [-0.25, -0.2) is 19.6 Å². The van der Waals surface area contributed by atoms with Crippen LogP contribution in [0.3, 0.4) is 0 Å². The van der Waals surface area contributed by atoms with Crippen molar-refractivity contribution in [2.24, 2.45) is 5.16 Å². The van der Waals surface area contributed by atoms with Crippen LogP contribution in [0.1, 0.15) is 27.8 Å². The third-order valence-electron chi connectivity index (χ3n) is 7.18. The van der Waals surface area contributed by atoms with Crippen molar-refractivity contribution >= 4 is 23.2 Å². The van der Waals surface area contributed by atoms with Crippen molar-refractivity contribution in [2.45, 2.75) is 13.5 Å². The van der Waals surface area contributed by atoms with E-state index in [1.54, 1.807) is 54.6 Å². The van der Waals surface area contributed by atoms with Gasteiger partial charge in [0.1, 0.15) is 48.9 Å². The smallest absolute Gasteiger partial charge is 0.360 e. The van der Waals surface area contributed by atoms with Crippen LogP contribution >= 0.6 is 0 Å². The van der Waals surface area contributed by atoms with Crippen molar-refractivity contribution in [1.82, 2.24) is 9.97 Å². The Bertz CT molecular complexity index is 2130. The molecule has 0 radical (unpaired) electrons. The van der Waals surface area contributed by atoms with E-state index in [1.165, 1.54) is 47.1 Å². The van der Waals surface area contributed by atoms with E-state index in [-0.39, 0.29) is 23.0 Å².